The van der Waals surface area contributed by atoms with E-state index in [0.29, 0.717) is 13.2 Å². The molecule has 0 saturated heterocycles. The summed E-state index contributed by atoms with van der Waals surface area (Å²) in [7, 11) is 0. The van der Waals surface area contributed by atoms with Gasteiger partial charge in [-0.15, -0.1) is 0 Å². The zero-order chi connectivity index (χ0) is 16.5. The molecule has 1 aromatic carbocycles. The van der Waals surface area contributed by atoms with E-state index in [2.05, 4.69) is 11.1 Å². The SMILES string of the molecule is Cc1ccc(OCCC(=O)OCCCc2cccnc2)c(C)c1. The lowest BCUT2D eigenvalue weighted by Gasteiger charge is -2.09. The van der Waals surface area contributed by atoms with Crippen LogP contribution in [0.5, 0.6) is 5.75 Å². The molecule has 1 aromatic heterocycles. The van der Waals surface area contributed by atoms with Gasteiger partial charge in [-0.1, -0.05) is 23.8 Å². The molecule has 0 spiro atoms. The molecular formula is C19H23NO3. The summed E-state index contributed by atoms with van der Waals surface area (Å²) in [6, 6.07) is 9.92. The second-order valence-corrected chi connectivity index (χ2v) is 5.55. The van der Waals surface area contributed by atoms with Gasteiger partial charge in [0.15, 0.2) is 0 Å². The van der Waals surface area contributed by atoms with Gasteiger partial charge in [0.1, 0.15) is 5.75 Å². The second kappa shape index (κ2) is 8.93. The normalized spacial score (nSPS) is 10.3. The zero-order valence-corrected chi connectivity index (χ0v) is 13.7. The molecule has 0 saturated carbocycles. The molecule has 2 rings (SSSR count). The smallest absolute Gasteiger partial charge is 0.309 e. The molecule has 0 aliphatic heterocycles. The highest BCUT2D eigenvalue weighted by molar-refractivity contribution is 5.69. The van der Waals surface area contributed by atoms with Crippen molar-refractivity contribution in [2.75, 3.05) is 13.2 Å². The number of hydrogen-bond acceptors (Lipinski definition) is 4. The molecule has 0 aliphatic rings. The number of carbonyl (C=O) groups is 1. The van der Waals surface area contributed by atoms with Crippen LogP contribution in [0.25, 0.3) is 0 Å². The summed E-state index contributed by atoms with van der Waals surface area (Å²) >= 11 is 0. The molecule has 4 heteroatoms. The molecule has 0 radical (unpaired) electrons. The maximum Gasteiger partial charge on any atom is 0.309 e. The summed E-state index contributed by atoms with van der Waals surface area (Å²) in [6.45, 7) is 4.81. The fraction of sp³-hybridized carbons (Fsp3) is 0.368. The molecule has 0 atom stereocenters. The monoisotopic (exact) mass is 313 g/mol. The summed E-state index contributed by atoms with van der Waals surface area (Å²) in [6.07, 6.45) is 5.51. The predicted octanol–water partition coefficient (Wildman–Crippen LogP) is 3.64. The fourth-order valence-electron chi connectivity index (χ4n) is 2.29. The average molecular weight is 313 g/mol. The van der Waals surface area contributed by atoms with Crippen LogP contribution in [-0.4, -0.2) is 24.2 Å². The quantitative estimate of drug-likeness (QED) is 0.551. The minimum Gasteiger partial charge on any atom is -0.493 e. The van der Waals surface area contributed by atoms with Crippen molar-refractivity contribution in [3.05, 3.63) is 59.4 Å². The Morgan fingerprint density at radius 2 is 2.04 bits per heavy atom. The molecular weight excluding hydrogens is 290 g/mol. The van der Waals surface area contributed by atoms with E-state index in [1.165, 1.54) is 5.56 Å². The van der Waals surface area contributed by atoms with E-state index in [-0.39, 0.29) is 12.4 Å². The molecule has 0 bridgehead atoms. The Labute approximate surface area is 137 Å². The number of ether oxygens (including phenoxy) is 2. The van der Waals surface area contributed by atoms with Crippen molar-refractivity contribution >= 4 is 5.97 Å². The molecule has 1 heterocycles. The number of nitrogens with zero attached hydrogens (tertiary/aromatic N) is 1. The number of rotatable bonds is 8. The fourth-order valence-corrected chi connectivity index (χ4v) is 2.29. The van der Waals surface area contributed by atoms with Crippen molar-refractivity contribution in [2.24, 2.45) is 0 Å². The van der Waals surface area contributed by atoms with Gasteiger partial charge in [-0.25, -0.2) is 0 Å². The number of aromatic nitrogens is 1. The van der Waals surface area contributed by atoms with Gasteiger partial charge in [0.05, 0.1) is 19.6 Å². The van der Waals surface area contributed by atoms with Crippen molar-refractivity contribution in [3.63, 3.8) is 0 Å². The first-order valence-corrected chi connectivity index (χ1v) is 7.90. The zero-order valence-electron chi connectivity index (χ0n) is 13.7. The van der Waals surface area contributed by atoms with Crippen molar-refractivity contribution in [1.82, 2.24) is 4.98 Å². The van der Waals surface area contributed by atoms with E-state index in [1.807, 2.05) is 44.3 Å². The molecule has 4 nitrogen and oxygen atoms in total. The molecule has 0 fully saturated rings. The van der Waals surface area contributed by atoms with E-state index in [4.69, 9.17) is 9.47 Å². The van der Waals surface area contributed by atoms with Crippen LogP contribution >= 0.6 is 0 Å². The van der Waals surface area contributed by atoms with Crippen LogP contribution in [0.3, 0.4) is 0 Å². The summed E-state index contributed by atoms with van der Waals surface area (Å²) in [4.78, 5) is 15.7. The Hall–Kier alpha value is -2.36. The van der Waals surface area contributed by atoms with Crippen LogP contribution in [0, 0.1) is 13.8 Å². The molecule has 0 amide bonds. The van der Waals surface area contributed by atoms with Crippen molar-refractivity contribution < 1.29 is 14.3 Å². The van der Waals surface area contributed by atoms with E-state index in [9.17, 15) is 4.79 Å². The Morgan fingerprint density at radius 1 is 1.17 bits per heavy atom. The molecule has 0 N–H and O–H groups in total. The molecule has 0 unspecified atom stereocenters. The van der Waals surface area contributed by atoms with Crippen LogP contribution in [0.1, 0.15) is 29.5 Å². The van der Waals surface area contributed by atoms with Gasteiger partial charge in [0.25, 0.3) is 0 Å². The summed E-state index contributed by atoms with van der Waals surface area (Å²) in [5.74, 6) is 0.598. The molecule has 122 valence electrons. The number of benzene rings is 1. The van der Waals surface area contributed by atoms with Crippen molar-refractivity contribution in [2.45, 2.75) is 33.1 Å². The van der Waals surface area contributed by atoms with Gasteiger partial charge < -0.3 is 9.47 Å². The topological polar surface area (TPSA) is 48.4 Å². The lowest BCUT2D eigenvalue weighted by molar-refractivity contribution is -0.144. The van der Waals surface area contributed by atoms with Crippen LogP contribution in [-0.2, 0) is 16.0 Å². The maximum absolute atomic E-state index is 11.7. The van der Waals surface area contributed by atoms with Gasteiger partial charge in [-0.3, -0.25) is 9.78 Å². The third kappa shape index (κ3) is 6.10. The number of carbonyl (C=O) groups excluding carboxylic acids is 1. The maximum atomic E-state index is 11.7. The summed E-state index contributed by atoms with van der Waals surface area (Å²) in [5.41, 5.74) is 3.43. The average Bonchev–Trinajstić information content (AvgIpc) is 2.55. The van der Waals surface area contributed by atoms with Gasteiger partial charge >= 0.3 is 5.97 Å². The van der Waals surface area contributed by atoms with Crippen molar-refractivity contribution in [3.8, 4) is 5.75 Å². The molecule has 2 aromatic rings. The third-order valence-corrected chi connectivity index (χ3v) is 3.49. The number of hydrogen-bond donors (Lipinski definition) is 0. The highest BCUT2D eigenvalue weighted by Crippen LogP contribution is 2.18. The number of esters is 1. The van der Waals surface area contributed by atoms with Gasteiger partial charge in [-0.05, 0) is 49.9 Å². The standard InChI is InChI=1S/C19H23NO3/c1-15-7-8-18(16(2)13-15)22-12-9-19(21)23-11-4-6-17-5-3-10-20-14-17/h3,5,7-8,10,13-14H,4,6,9,11-12H2,1-2H3. The van der Waals surface area contributed by atoms with E-state index >= 15 is 0 Å². The lowest BCUT2D eigenvalue weighted by Crippen LogP contribution is -2.11. The minimum absolute atomic E-state index is 0.221. The van der Waals surface area contributed by atoms with Crippen LogP contribution in [0.2, 0.25) is 0 Å². The predicted molar refractivity (Wildman–Crippen MR) is 89.5 cm³/mol. The molecule has 23 heavy (non-hydrogen) atoms. The number of pyridine rings is 1. The van der Waals surface area contributed by atoms with Gasteiger partial charge in [0.2, 0.25) is 0 Å². The summed E-state index contributed by atoms with van der Waals surface area (Å²) < 4.78 is 10.8. The minimum atomic E-state index is -0.221. The van der Waals surface area contributed by atoms with E-state index < -0.39 is 0 Å². The van der Waals surface area contributed by atoms with Crippen LogP contribution in [0.4, 0.5) is 0 Å². The first-order valence-electron chi connectivity index (χ1n) is 7.90. The Morgan fingerprint density at radius 3 is 2.78 bits per heavy atom. The summed E-state index contributed by atoms with van der Waals surface area (Å²) in [5, 5.41) is 0. The Bertz CT molecular complexity index is 626. The van der Waals surface area contributed by atoms with Crippen LogP contribution < -0.4 is 4.74 Å². The second-order valence-electron chi connectivity index (χ2n) is 5.55. The van der Waals surface area contributed by atoms with Crippen molar-refractivity contribution in [1.29, 1.82) is 0 Å². The Balaban J connectivity index is 1.60. The van der Waals surface area contributed by atoms with Crippen LogP contribution in [0.15, 0.2) is 42.7 Å². The largest absolute Gasteiger partial charge is 0.493 e. The van der Waals surface area contributed by atoms with E-state index in [0.717, 1.165) is 29.7 Å². The first-order chi connectivity index (χ1) is 11.1. The van der Waals surface area contributed by atoms with Gasteiger partial charge in [-0.2, -0.15) is 0 Å². The lowest BCUT2D eigenvalue weighted by atomic mass is 10.1. The third-order valence-electron chi connectivity index (χ3n) is 3.49. The number of aryl methyl sites for hydroxylation is 3. The highest BCUT2D eigenvalue weighted by Gasteiger charge is 2.05. The van der Waals surface area contributed by atoms with Gasteiger partial charge in [0, 0.05) is 12.4 Å². The first kappa shape index (κ1) is 17.0. The highest BCUT2D eigenvalue weighted by atomic mass is 16.5. The molecule has 0 aliphatic carbocycles. The van der Waals surface area contributed by atoms with E-state index in [1.54, 1.807) is 6.20 Å². The Kier molecular flexibility index (Phi) is 6.60.